The minimum Gasteiger partial charge on any atom is -0.359 e. The van der Waals surface area contributed by atoms with Crippen LogP contribution in [0.15, 0.2) is 24.3 Å². The first-order valence-electron chi connectivity index (χ1n) is 5.04. The van der Waals surface area contributed by atoms with Gasteiger partial charge in [0.15, 0.2) is 0 Å². The van der Waals surface area contributed by atoms with Gasteiger partial charge in [-0.3, -0.25) is 9.80 Å². The Balaban J connectivity index is 2.11. The number of ether oxygens (including phenoxy) is 1. The van der Waals surface area contributed by atoms with Crippen molar-refractivity contribution in [3.05, 3.63) is 30.1 Å². The number of hydrogen-bond acceptors (Lipinski definition) is 2. The van der Waals surface area contributed by atoms with Gasteiger partial charge in [-0.25, -0.2) is 9.18 Å². The number of carbonyl (C=O) groups is 1. The van der Waals surface area contributed by atoms with Gasteiger partial charge in [0.25, 0.3) is 0 Å². The van der Waals surface area contributed by atoms with Crippen molar-refractivity contribution in [1.82, 2.24) is 4.90 Å². The first-order valence-corrected chi connectivity index (χ1v) is 5.04. The third-order valence-corrected chi connectivity index (χ3v) is 2.51. The highest BCUT2D eigenvalue weighted by Crippen LogP contribution is 2.16. The molecule has 0 unspecified atom stereocenters. The van der Waals surface area contributed by atoms with Gasteiger partial charge in [0.2, 0.25) is 0 Å². The van der Waals surface area contributed by atoms with Crippen molar-refractivity contribution in [1.29, 1.82) is 0 Å². The fourth-order valence-electron chi connectivity index (χ4n) is 1.57. The van der Waals surface area contributed by atoms with Gasteiger partial charge < -0.3 is 4.74 Å². The third-order valence-electron chi connectivity index (χ3n) is 2.51. The zero-order valence-corrected chi connectivity index (χ0v) is 9.02. The average molecular weight is 224 g/mol. The van der Waals surface area contributed by atoms with E-state index in [1.54, 1.807) is 24.1 Å². The fourth-order valence-corrected chi connectivity index (χ4v) is 1.57. The van der Waals surface area contributed by atoms with Crippen LogP contribution in [0.25, 0.3) is 0 Å². The van der Waals surface area contributed by atoms with Gasteiger partial charge in [-0.15, -0.1) is 0 Å². The average Bonchev–Trinajstić information content (AvgIpc) is 2.80. The van der Waals surface area contributed by atoms with Crippen molar-refractivity contribution in [2.24, 2.45) is 0 Å². The largest absolute Gasteiger partial charge is 0.359 e. The Bertz CT molecular complexity index is 391. The highest BCUT2D eigenvalue weighted by molar-refractivity contribution is 5.91. The van der Waals surface area contributed by atoms with Gasteiger partial charge in [0.1, 0.15) is 12.5 Å². The van der Waals surface area contributed by atoms with Crippen molar-refractivity contribution < 1.29 is 13.9 Å². The zero-order chi connectivity index (χ0) is 11.5. The second-order valence-corrected chi connectivity index (χ2v) is 3.62. The van der Waals surface area contributed by atoms with Crippen molar-refractivity contribution in [2.45, 2.75) is 0 Å². The molecule has 0 aromatic heterocycles. The minimum atomic E-state index is -0.352. The molecular formula is C11H13FN2O2. The molecule has 4 nitrogen and oxygen atoms in total. The second kappa shape index (κ2) is 4.49. The topological polar surface area (TPSA) is 32.8 Å². The SMILES string of the molecule is CN(C(=O)N1CCOC1)c1cccc(F)c1. The van der Waals surface area contributed by atoms with Crippen LogP contribution in [-0.4, -0.2) is 37.9 Å². The molecule has 0 aliphatic carbocycles. The van der Waals surface area contributed by atoms with E-state index in [0.717, 1.165) is 0 Å². The van der Waals surface area contributed by atoms with Crippen LogP contribution in [0.1, 0.15) is 0 Å². The number of halogens is 1. The van der Waals surface area contributed by atoms with Crippen molar-refractivity contribution in [3.63, 3.8) is 0 Å². The van der Waals surface area contributed by atoms with Crippen LogP contribution < -0.4 is 4.90 Å². The summed E-state index contributed by atoms with van der Waals surface area (Å²) < 4.78 is 18.1. The number of hydrogen-bond donors (Lipinski definition) is 0. The molecule has 1 aromatic rings. The maximum Gasteiger partial charge on any atom is 0.326 e. The molecule has 1 fully saturated rings. The monoisotopic (exact) mass is 224 g/mol. The molecule has 0 saturated carbocycles. The van der Waals surface area contributed by atoms with Crippen molar-refractivity contribution in [3.8, 4) is 0 Å². The third kappa shape index (κ3) is 2.14. The lowest BCUT2D eigenvalue weighted by Gasteiger charge is -2.23. The second-order valence-electron chi connectivity index (χ2n) is 3.62. The first kappa shape index (κ1) is 10.9. The lowest BCUT2D eigenvalue weighted by atomic mass is 10.3. The van der Waals surface area contributed by atoms with E-state index in [2.05, 4.69) is 0 Å². The molecule has 0 atom stereocenters. The molecule has 1 heterocycles. The summed E-state index contributed by atoms with van der Waals surface area (Å²) >= 11 is 0. The Labute approximate surface area is 93.2 Å². The summed E-state index contributed by atoms with van der Waals surface area (Å²) in [6, 6.07) is 5.77. The Morgan fingerprint density at radius 2 is 2.38 bits per heavy atom. The minimum absolute atomic E-state index is 0.178. The van der Waals surface area contributed by atoms with E-state index < -0.39 is 0 Å². The fraction of sp³-hybridized carbons (Fsp3) is 0.364. The number of benzene rings is 1. The van der Waals surface area contributed by atoms with Gasteiger partial charge in [-0.05, 0) is 18.2 Å². The molecule has 0 spiro atoms. The van der Waals surface area contributed by atoms with Crippen LogP contribution in [0.5, 0.6) is 0 Å². The van der Waals surface area contributed by atoms with Crippen molar-refractivity contribution in [2.75, 3.05) is 31.8 Å². The molecule has 5 heteroatoms. The Kier molecular flexibility index (Phi) is 3.05. The van der Waals surface area contributed by atoms with Crippen LogP contribution >= 0.6 is 0 Å². The van der Waals surface area contributed by atoms with E-state index in [9.17, 15) is 9.18 Å². The zero-order valence-electron chi connectivity index (χ0n) is 9.02. The normalized spacial score (nSPS) is 15.2. The summed E-state index contributed by atoms with van der Waals surface area (Å²) in [7, 11) is 1.62. The van der Waals surface area contributed by atoms with E-state index in [1.807, 2.05) is 0 Å². The number of urea groups is 1. The molecule has 2 rings (SSSR count). The summed E-state index contributed by atoms with van der Waals surface area (Å²) in [5.74, 6) is -0.352. The molecule has 2 amide bonds. The van der Waals surface area contributed by atoms with Crippen LogP contribution in [0, 0.1) is 5.82 Å². The number of anilines is 1. The number of nitrogens with zero attached hydrogens (tertiary/aromatic N) is 2. The Morgan fingerprint density at radius 3 is 3.00 bits per heavy atom. The maximum atomic E-state index is 13.0. The van der Waals surface area contributed by atoms with Crippen LogP contribution in [0.2, 0.25) is 0 Å². The summed E-state index contributed by atoms with van der Waals surface area (Å²) in [5.41, 5.74) is 0.539. The van der Waals surface area contributed by atoms with E-state index >= 15 is 0 Å². The van der Waals surface area contributed by atoms with E-state index in [-0.39, 0.29) is 11.8 Å². The first-order chi connectivity index (χ1) is 7.68. The van der Waals surface area contributed by atoms with Gasteiger partial charge in [-0.2, -0.15) is 0 Å². The predicted molar refractivity (Wildman–Crippen MR) is 57.7 cm³/mol. The lowest BCUT2D eigenvalue weighted by Crippen LogP contribution is -2.39. The summed E-state index contributed by atoms with van der Waals surface area (Å²) in [6.45, 7) is 1.44. The maximum absolute atomic E-state index is 13.0. The van der Waals surface area contributed by atoms with Crippen LogP contribution in [0.3, 0.4) is 0 Å². The smallest absolute Gasteiger partial charge is 0.326 e. The van der Waals surface area contributed by atoms with E-state index in [1.165, 1.54) is 17.0 Å². The molecule has 1 saturated heterocycles. The highest BCUT2D eigenvalue weighted by atomic mass is 19.1. The molecule has 0 radical (unpaired) electrons. The molecule has 16 heavy (non-hydrogen) atoms. The summed E-state index contributed by atoms with van der Waals surface area (Å²) in [5, 5.41) is 0. The van der Waals surface area contributed by atoms with Gasteiger partial charge in [0.05, 0.1) is 6.61 Å². The number of amides is 2. The van der Waals surface area contributed by atoms with E-state index in [4.69, 9.17) is 4.74 Å². The van der Waals surface area contributed by atoms with Crippen LogP contribution in [0.4, 0.5) is 14.9 Å². The molecular weight excluding hydrogens is 211 g/mol. The quantitative estimate of drug-likeness (QED) is 0.727. The summed E-state index contributed by atoms with van der Waals surface area (Å²) in [6.07, 6.45) is 0. The summed E-state index contributed by atoms with van der Waals surface area (Å²) in [4.78, 5) is 14.9. The Morgan fingerprint density at radius 1 is 1.56 bits per heavy atom. The van der Waals surface area contributed by atoms with Gasteiger partial charge in [-0.1, -0.05) is 6.07 Å². The molecule has 0 N–H and O–H groups in total. The standard InChI is InChI=1S/C11H13FN2O2/c1-13(10-4-2-3-9(12)7-10)11(15)14-5-6-16-8-14/h2-4,7H,5-6,8H2,1H3. The molecule has 1 aliphatic rings. The van der Waals surface area contributed by atoms with Crippen LogP contribution in [-0.2, 0) is 4.74 Å². The van der Waals surface area contributed by atoms with Crippen molar-refractivity contribution >= 4 is 11.7 Å². The molecule has 0 bridgehead atoms. The molecule has 86 valence electrons. The predicted octanol–water partition coefficient (Wildman–Crippen LogP) is 1.67. The van der Waals surface area contributed by atoms with Gasteiger partial charge in [0, 0.05) is 19.3 Å². The molecule has 1 aromatic carbocycles. The molecule has 1 aliphatic heterocycles. The highest BCUT2D eigenvalue weighted by Gasteiger charge is 2.22. The number of carbonyl (C=O) groups excluding carboxylic acids is 1. The Hall–Kier alpha value is -1.62. The van der Waals surface area contributed by atoms with E-state index in [0.29, 0.717) is 25.6 Å². The van der Waals surface area contributed by atoms with Gasteiger partial charge >= 0.3 is 6.03 Å². The number of rotatable bonds is 1. The lowest BCUT2D eigenvalue weighted by molar-refractivity contribution is 0.147.